The number of carbonyl (C=O) groups excluding carboxylic acids is 3. The zero-order valence-corrected chi connectivity index (χ0v) is 18.4. The van der Waals surface area contributed by atoms with Crippen molar-refractivity contribution in [2.24, 2.45) is 0 Å². The van der Waals surface area contributed by atoms with Gasteiger partial charge in [0.05, 0.1) is 22.6 Å². The van der Waals surface area contributed by atoms with E-state index in [1.807, 2.05) is 55.6 Å². The summed E-state index contributed by atoms with van der Waals surface area (Å²) in [7, 11) is 0. The lowest BCUT2D eigenvalue weighted by Crippen LogP contribution is -2.63. The Balaban J connectivity index is 1.24. The number of nitrogens with zero attached hydrogens (tertiary/aromatic N) is 4. The lowest BCUT2D eigenvalue weighted by Gasteiger charge is -2.48. The van der Waals surface area contributed by atoms with E-state index in [9.17, 15) is 14.4 Å². The Bertz CT molecular complexity index is 1220. The zero-order chi connectivity index (χ0) is 23.0. The van der Waals surface area contributed by atoms with Gasteiger partial charge in [-0.1, -0.05) is 30.3 Å². The van der Waals surface area contributed by atoms with Crippen LogP contribution >= 0.6 is 0 Å². The van der Waals surface area contributed by atoms with E-state index >= 15 is 0 Å². The molecule has 0 bridgehead atoms. The minimum Gasteiger partial charge on any atom is -0.354 e. The van der Waals surface area contributed by atoms with E-state index in [2.05, 4.69) is 10.4 Å². The van der Waals surface area contributed by atoms with Crippen LogP contribution in [0.15, 0.2) is 66.9 Å². The van der Waals surface area contributed by atoms with E-state index in [4.69, 9.17) is 0 Å². The lowest BCUT2D eigenvalue weighted by molar-refractivity contribution is -0.123. The van der Waals surface area contributed by atoms with Gasteiger partial charge >= 0.3 is 0 Å². The molecule has 1 N–H and O–H groups in total. The van der Waals surface area contributed by atoms with Crippen molar-refractivity contribution >= 4 is 23.4 Å². The fourth-order valence-corrected chi connectivity index (χ4v) is 4.69. The summed E-state index contributed by atoms with van der Waals surface area (Å²) >= 11 is 0. The highest BCUT2D eigenvalue weighted by Gasteiger charge is 2.53. The topological polar surface area (TPSA) is 87.5 Å². The quantitative estimate of drug-likeness (QED) is 0.634. The molecule has 8 heteroatoms. The minimum absolute atomic E-state index is 0.0307. The van der Waals surface area contributed by atoms with Gasteiger partial charge in [0, 0.05) is 25.6 Å². The lowest BCUT2D eigenvalue weighted by atomic mass is 9.98. The Kier molecular flexibility index (Phi) is 5.20. The van der Waals surface area contributed by atoms with Crippen molar-refractivity contribution in [1.82, 2.24) is 20.0 Å². The second-order valence-corrected chi connectivity index (χ2v) is 8.54. The Morgan fingerprint density at radius 3 is 2.64 bits per heavy atom. The Labute approximate surface area is 191 Å². The first-order chi connectivity index (χ1) is 16.0. The predicted octanol–water partition coefficient (Wildman–Crippen LogP) is 2.53. The van der Waals surface area contributed by atoms with Crippen LogP contribution in [0.4, 0.5) is 5.69 Å². The van der Waals surface area contributed by atoms with Gasteiger partial charge in [-0.2, -0.15) is 5.10 Å². The van der Waals surface area contributed by atoms with Gasteiger partial charge < -0.3 is 10.2 Å². The molecular formula is C25H25N5O3. The summed E-state index contributed by atoms with van der Waals surface area (Å²) in [6, 6.07) is 18.8. The van der Waals surface area contributed by atoms with Gasteiger partial charge in [0.25, 0.3) is 5.91 Å². The molecule has 168 valence electrons. The van der Waals surface area contributed by atoms with Gasteiger partial charge in [0.2, 0.25) is 11.8 Å². The van der Waals surface area contributed by atoms with Gasteiger partial charge in [-0.15, -0.1) is 0 Å². The highest BCUT2D eigenvalue weighted by Crippen LogP contribution is 2.43. The molecule has 5 rings (SSSR count). The summed E-state index contributed by atoms with van der Waals surface area (Å²) in [5, 5.41) is 7.44. The smallest absolute Gasteiger partial charge is 0.258 e. The SMILES string of the molecule is CC12CCC(=O)N1c1ccccc1C(=O)N2CC(=O)NCCc1ccn(-c2ccccc2)n1. The number of para-hydroxylation sites is 2. The molecule has 1 fully saturated rings. The Morgan fingerprint density at radius 2 is 1.82 bits per heavy atom. The summed E-state index contributed by atoms with van der Waals surface area (Å²) in [4.78, 5) is 41.8. The number of benzene rings is 2. The number of anilines is 1. The number of rotatable bonds is 6. The van der Waals surface area contributed by atoms with E-state index in [0.29, 0.717) is 37.1 Å². The number of hydrogen-bond acceptors (Lipinski definition) is 4. The molecule has 1 atom stereocenters. The summed E-state index contributed by atoms with van der Waals surface area (Å²) in [6.45, 7) is 2.16. The first-order valence-electron chi connectivity index (χ1n) is 11.1. The van der Waals surface area contributed by atoms with Crippen molar-refractivity contribution in [2.75, 3.05) is 18.0 Å². The number of nitrogens with one attached hydrogen (secondary N) is 1. The van der Waals surface area contributed by atoms with Crippen molar-refractivity contribution in [3.05, 3.63) is 78.1 Å². The van der Waals surface area contributed by atoms with E-state index in [1.54, 1.807) is 27.8 Å². The highest BCUT2D eigenvalue weighted by molar-refractivity contribution is 6.11. The third-order valence-electron chi connectivity index (χ3n) is 6.42. The number of amides is 3. The largest absolute Gasteiger partial charge is 0.354 e. The third kappa shape index (κ3) is 3.67. The maximum atomic E-state index is 13.2. The second-order valence-electron chi connectivity index (χ2n) is 8.54. The average molecular weight is 444 g/mol. The molecule has 2 aliphatic heterocycles. The molecule has 2 aliphatic rings. The molecule has 0 radical (unpaired) electrons. The fourth-order valence-electron chi connectivity index (χ4n) is 4.69. The summed E-state index contributed by atoms with van der Waals surface area (Å²) < 4.78 is 1.80. The zero-order valence-electron chi connectivity index (χ0n) is 18.4. The average Bonchev–Trinajstić information content (AvgIpc) is 3.42. The normalized spacial score (nSPS) is 19.4. The van der Waals surface area contributed by atoms with Gasteiger partial charge in [0.1, 0.15) is 12.2 Å². The molecule has 3 heterocycles. The van der Waals surface area contributed by atoms with Crippen LogP contribution in [-0.4, -0.2) is 51.2 Å². The summed E-state index contributed by atoms with van der Waals surface area (Å²) in [6.07, 6.45) is 3.31. The molecule has 8 nitrogen and oxygen atoms in total. The molecular weight excluding hydrogens is 418 g/mol. The van der Waals surface area contributed by atoms with Crippen molar-refractivity contribution in [2.45, 2.75) is 31.8 Å². The van der Waals surface area contributed by atoms with Gasteiger partial charge in [0.15, 0.2) is 0 Å². The van der Waals surface area contributed by atoms with Crippen LogP contribution in [0.1, 0.15) is 35.8 Å². The molecule has 1 aromatic heterocycles. The van der Waals surface area contributed by atoms with Crippen LogP contribution < -0.4 is 10.2 Å². The maximum Gasteiger partial charge on any atom is 0.258 e. The number of carbonyl (C=O) groups is 3. The molecule has 0 aliphatic carbocycles. The van der Waals surface area contributed by atoms with Crippen molar-refractivity contribution in [1.29, 1.82) is 0 Å². The van der Waals surface area contributed by atoms with Gasteiger partial charge in [-0.25, -0.2) is 4.68 Å². The molecule has 3 aromatic rings. The molecule has 1 saturated heterocycles. The van der Waals surface area contributed by atoms with Crippen LogP contribution in [0.2, 0.25) is 0 Å². The van der Waals surface area contributed by atoms with E-state index < -0.39 is 5.66 Å². The second kappa shape index (κ2) is 8.20. The van der Waals surface area contributed by atoms with Crippen molar-refractivity contribution in [3.8, 4) is 5.69 Å². The monoisotopic (exact) mass is 443 g/mol. The van der Waals surface area contributed by atoms with Gasteiger partial charge in [-0.05, 0) is 43.7 Å². The molecule has 2 aromatic carbocycles. The van der Waals surface area contributed by atoms with Crippen molar-refractivity contribution < 1.29 is 14.4 Å². The number of fused-ring (bicyclic) bond motifs is 3. The van der Waals surface area contributed by atoms with E-state index in [1.165, 1.54) is 4.90 Å². The number of hydrogen-bond donors (Lipinski definition) is 1. The standard InChI is InChI=1S/C25H25N5O3/c1-25-14-11-23(32)30(25)21-10-6-5-9-20(21)24(33)28(25)17-22(31)26-15-12-18-13-16-29(27-18)19-7-3-2-4-8-19/h2-10,13,16H,11-12,14-15,17H2,1H3,(H,26,31). The van der Waals surface area contributed by atoms with Crippen LogP contribution in [0, 0.1) is 0 Å². The Hall–Kier alpha value is -3.94. The Morgan fingerprint density at radius 1 is 1.06 bits per heavy atom. The predicted molar refractivity (Wildman–Crippen MR) is 123 cm³/mol. The van der Waals surface area contributed by atoms with E-state index in [0.717, 1.165) is 11.4 Å². The first kappa shape index (κ1) is 20.9. The summed E-state index contributed by atoms with van der Waals surface area (Å²) in [5.74, 6) is -0.515. The molecule has 3 amide bonds. The third-order valence-corrected chi connectivity index (χ3v) is 6.42. The van der Waals surface area contributed by atoms with Gasteiger partial charge in [-0.3, -0.25) is 19.3 Å². The highest BCUT2D eigenvalue weighted by atomic mass is 16.2. The van der Waals surface area contributed by atoms with Crippen LogP contribution in [0.25, 0.3) is 5.69 Å². The summed E-state index contributed by atoms with van der Waals surface area (Å²) in [5.41, 5.74) is 2.07. The van der Waals surface area contributed by atoms with Crippen LogP contribution in [0.3, 0.4) is 0 Å². The van der Waals surface area contributed by atoms with Crippen molar-refractivity contribution in [3.63, 3.8) is 0 Å². The molecule has 1 unspecified atom stereocenters. The van der Waals surface area contributed by atoms with Crippen LogP contribution in [0.5, 0.6) is 0 Å². The fraction of sp³-hybridized carbons (Fsp3) is 0.280. The molecule has 33 heavy (non-hydrogen) atoms. The first-order valence-corrected chi connectivity index (χ1v) is 11.1. The molecule has 0 spiro atoms. The maximum absolute atomic E-state index is 13.2. The molecule has 0 saturated carbocycles. The van der Waals surface area contributed by atoms with Crippen LogP contribution in [-0.2, 0) is 16.0 Å². The van der Waals surface area contributed by atoms with E-state index in [-0.39, 0.29) is 24.3 Å². The minimum atomic E-state index is -0.839. The number of aromatic nitrogens is 2.